The van der Waals surface area contributed by atoms with E-state index in [2.05, 4.69) is 20.8 Å². The molecule has 0 saturated carbocycles. The first-order valence-corrected chi connectivity index (χ1v) is 11.7. The number of hydrogen-bond donors (Lipinski definition) is 2. The largest absolute Gasteiger partial charge is 0.331 e. The van der Waals surface area contributed by atoms with Gasteiger partial charge in [-0.05, 0) is 69.1 Å². The zero-order valence-electron chi connectivity index (χ0n) is 20.5. The molecule has 0 fully saturated rings. The Morgan fingerprint density at radius 1 is 1.14 bits per heavy atom. The zero-order chi connectivity index (χ0) is 26.5. The monoisotopic (exact) mass is 515 g/mol. The molecule has 1 aliphatic rings. The van der Waals surface area contributed by atoms with Gasteiger partial charge >= 0.3 is 0 Å². The van der Waals surface area contributed by atoms with Crippen molar-refractivity contribution in [3.8, 4) is 0 Å². The molecule has 3 aromatic rings. The van der Waals surface area contributed by atoms with Gasteiger partial charge < -0.3 is 5.32 Å². The van der Waals surface area contributed by atoms with E-state index >= 15 is 0 Å². The van der Waals surface area contributed by atoms with Gasteiger partial charge in [-0.25, -0.2) is 4.99 Å². The fourth-order valence-corrected chi connectivity index (χ4v) is 3.94. The van der Waals surface area contributed by atoms with Crippen LogP contribution in [0.25, 0.3) is 0 Å². The predicted molar refractivity (Wildman–Crippen MR) is 150 cm³/mol. The van der Waals surface area contributed by atoms with Crippen molar-refractivity contribution in [2.24, 2.45) is 10.1 Å². The topological polar surface area (TPSA) is 115 Å². The molecule has 0 aliphatic carbocycles. The zero-order valence-corrected chi connectivity index (χ0v) is 21.3. The van der Waals surface area contributed by atoms with E-state index in [1.807, 2.05) is 50.2 Å². The van der Waals surface area contributed by atoms with E-state index in [1.165, 1.54) is 12.1 Å². The summed E-state index contributed by atoms with van der Waals surface area (Å²) in [6.07, 6.45) is 1.68. The van der Waals surface area contributed by atoms with Crippen molar-refractivity contribution in [2.45, 2.75) is 6.92 Å². The third-order valence-corrected chi connectivity index (χ3v) is 5.59. The summed E-state index contributed by atoms with van der Waals surface area (Å²) in [5.74, 6) is -0.316. The van der Waals surface area contributed by atoms with Gasteiger partial charge in [0.2, 0.25) is 0 Å². The molecule has 0 unspecified atom stereocenters. The number of aliphatic imine (C=N–C) groups is 1. The maximum Gasteiger partial charge on any atom is 0.278 e. The summed E-state index contributed by atoms with van der Waals surface area (Å²) in [5, 5.41) is 18.8. The van der Waals surface area contributed by atoms with Crippen molar-refractivity contribution < 1.29 is 9.72 Å². The highest BCUT2D eigenvalue weighted by Gasteiger charge is 2.35. The van der Waals surface area contributed by atoms with Crippen molar-refractivity contribution in [1.82, 2.24) is 10.3 Å². The number of rotatable bonds is 7. The van der Waals surface area contributed by atoms with Gasteiger partial charge in [0.05, 0.1) is 29.2 Å². The van der Waals surface area contributed by atoms with Crippen LogP contribution in [0.4, 0.5) is 22.7 Å². The SMILES string of the molecule is Cc1cccc(C=NNC(=S)Nc2ccc(N=C3C(=O)N(CN(C)C)c4ccc([N+](=O)[O-])cc43)cc2)c1. The quantitative estimate of drug-likeness (QED) is 0.210. The van der Waals surface area contributed by atoms with Crippen molar-refractivity contribution in [3.05, 3.63) is 93.5 Å². The summed E-state index contributed by atoms with van der Waals surface area (Å²) >= 11 is 5.29. The standard InChI is InChI=1S/C26H25N7O3S/c1-17-5-4-6-18(13-17)15-27-30-26(37)29-20-9-7-19(8-10-20)28-24-22-14-21(33(35)36)11-12-23(22)32(25(24)34)16-31(2)3/h4-15H,16H2,1-3H3,(H2,29,30,37). The van der Waals surface area contributed by atoms with Crippen molar-refractivity contribution >= 4 is 57.9 Å². The van der Waals surface area contributed by atoms with Crippen LogP contribution in [-0.2, 0) is 4.79 Å². The van der Waals surface area contributed by atoms with Gasteiger partial charge in [-0.15, -0.1) is 0 Å². The molecular formula is C26H25N7O3S. The fraction of sp³-hybridized carbons (Fsp3) is 0.154. The normalized spacial score (nSPS) is 13.9. The molecule has 10 nitrogen and oxygen atoms in total. The number of non-ortho nitro benzene ring substituents is 1. The van der Waals surface area contributed by atoms with Crippen LogP contribution in [0.5, 0.6) is 0 Å². The summed E-state index contributed by atoms with van der Waals surface area (Å²) < 4.78 is 0. The number of benzene rings is 3. The van der Waals surface area contributed by atoms with Gasteiger partial charge in [0.25, 0.3) is 11.6 Å². The summed E-state index contributed by atoms with van der Waals surface area (Å²) in [6, 6.07) is 19.3. The minimum absolute atomic E-state index is 0.100. The lowest BCUT2D eigenvalue weighted by molar-refractivity contribution is -0.384. The van der Waals surface area contributed by atoms with Crippen molar-refractivity contribution in [3.63, 3.8) is 0 Å². The number of hydrogen-bond acceptors (Lipinski definition) is 7. The van der Waals surface area contributed by atoms with Gasteiger partial charge in [-0.3, -0.25) is 30.1 Å². The van der Waals surface area contributed by atoms with Gasteiger partial charge in [-0.1, -0.05) is 29.8 Å². The van der Waals surface area contributed by atoms with Crippen LogP contribution in [0, 0.1) is 17.0 Å². The number of aryl methyl sites for hydroxylation is 1. The molecule has 0 radical (unpaired) electrons. The van der Waals surface area contributed by atoms with E-state index in [0.717, 1.165) is 11.1 Å². The number of nitrogens with zero attached hydrogens (tertiary/aromatic N) is 5. The minimum atomic E-state index is -0.487. The van der Waals surface area contributed by atoms with Crippen LogP contribution >= 0.6 is 12.2 Å². The number of nitrogens with one attached hydrogen (secondary N) is 2. The third-order valence-electron chi connectivity index (χ3n) is 5.40. The summed E-state index contributed by atoms with van der Waals surface area (Å²) in [6.45, 7) is 2.33. The molecule has 0 aromatic heterocycles. The molecule has 11 heteroatoms. The Morgan fingerprint density at radius 2 is 1.89 bits per heavy atom. The van der Waals surface area contributed by atoms with Gasteiger partial charge in [0, 0.05) is 23.4 Å². The average Bonchev–Trinajstić information content (AvgIpc) is 3.10. The number of carbonyl (C=O) groups is 1. The highest BCUT2D eigenvalue weighted by atomic mass is 32.1. The average molecular weight is 516 g/mol. The Balaban J connectivity index is 1.49. The second-order valence-corrected chi connectivity index (χ2v) is 9.07. The highest BCUT2D eigenvalue weighted by molar-refractivity contribution is 7.80. The number of carbonyl (C=O) groups excluding carboxylic acids is 1. The number of hydrazone groups is 1. The van der Waals surface area contributed by atoms with Gasteiger partial charge in [0.15, 0.2) is 5.11 Å². The molecule has 37 heavy (non-hydrogen) atoms. The number of fused-ring (bicyclic) bond motifs is 1. The summed E-state index contributed by atoms with van der Waals surface area (Å²) in [4.78, 5) is 31.9. The van der Waals surface area contributed by atoms with E-state index in [0.29, 0.717) is 34.4 Å². The van der Waals surface area contributed by atoms with Crippen LogP contribution in [0.1, 0.15) is 16.7 Å². The van der Waals surface area contributed by atoms with E-state index in [1.54, 1.807) is 41.4 Å². The van der Waals surface area contributed by atoms with Crippen LogP contribution in [0.15, 0.2) is 76.8 Å². The smallest absolute Gasteiger partial charge is 0.278 e. The molecule has 188 valence electrons. The van der Waals surface area contributed by atoms with Crippen LogP contribution < -0.4 is 15.6 Å². The Labute approximate surface area is 219 Å². The molecule has 0 spiro atoms. The molecule has 1 aliphatic heterocycles. The Kier molecular flexibility index (Phi) is 7.66. The maximum absolute atomic E-state index is 13.2. The number of nitro groups is 1. The molecule has 3 aromatic carbocycles. The lowest BCUT2D eigenvalue weighted by Crippen LogP contribution is -2.37. The molecule has 0 atom stereocenters. The maximum atomic E-state index is 13.2. The Bertz CT molecular complexity index is 1420. The van der Waals surface area contributed by atoms with Crippen molar-refractivity contribution in [2.75, 3.05) is 31.0 Å². The molecule has 0 bridgehead atoms. The Morgan fingerprint density at radius 3 is 2.57 bits per heavy atom. The van der Waals surface area contributed by atoms with E-state index in [9.17, 15) is 14.9 Å². The molecule has 2 N–H and O–H groups in total. The number of anilines is 2. The first-order valence-electron chi connectivity index (χ1n) is 11.3. The number of amides is 1. The second kappa shape index (κ2) is 11.1. The highest BCUT2D eigenvalue weighted by Crippen LogP contribution is 2.34. The minimum Gasteiger partial charge on any atom is -0.331 e. The van der Waals surface area contributed by atoms with E-state index in [-0.39, 0.29) is 17.3 Å². The fourth-order valence-electron chi connectivity index (χ4n) is 3.77. The molecule has 1 amide bonds. The van der Waals surface area contributed by atoms with Gasteiger partial charge in [0.1, 0.15) is 5.71 Å². The van der Waals surface area contributed by atoms with E-state index in [4.69, 9.17) is 12.2 Å². The van der Waals surface area contributed by atoms with E-state index < -0.39 is 4.92 Å². The number of thiocarbonyl (C=S) groups is 1. The molecule has 0 saturated heterocycles. The third kappa shape index (κ3) is 6.21. The predicted octanol–water partition coefficient (Wildman–Crippen LogP) is 4.21. The van der Waals surface area contributed by atoms with Gasteiger partial charge in [-0.2, -0.15) is 5.10 Å². The Hall–Kier alpha value is -4.48. The molecule has 1 heterocycles. The first kappa shape index (κ1) is 25.6. The second-order valence-electron chi connectivity index (χ2n) is 8.66. The van der Waals surface area contributed by atoms with Crippen LogP contribution in [-0.4, -0.2) is 53.5 Å². The lowest BCUT2D eigenvalue weighted by Gasteiger charge is -2.21. The summed E-state index contributed by atoms with van der Waals surface area (Å²) in [5.41, 5.74) is 7.17. The summed E-state index contributed by atoms with van der Waals surface area (Å²) in [7, 11) is 3.68. The molecule has 4 rings (SSSR count). The lowest BCUT2D eigenvalue weighted by atomic mass is 10.1. The molecular weight excluding hydrogens is 490 g/mol. The van der Waals surface area contributed by atoms with Crippen LogP contribution in [0.2, 0.25) is 0 Å². The van der Waals surface area contributed by atoms with Crippen LogP contribution in [0.3, 0.4) is 0 Å². The first-order chi connectivity index (χ1) is 17.7. The number of nitro benzene ring substituents is 1. The van der Waals surface area contributed by atoms with Crippen molar-refractivity contribution in [1.29, 1.82) is 0 Å².